The third-order valence-corrected chi connectivity index (χ3v) is 6.06. The number of fused-ring (bicyclic) bond motifs is 1. The number of thioether (sulfide) groups is 1. The number of rotatable bonds is 8. The number of nitrogens with zero attached hydrogens (tertiary/aromatic N) is 1. The van der Waals surface area contributed by atoms with Crippen molar-refractivity contribution in [2.45, 2.75) is 24.3 Å². The molecule has 0 aliphatic carbocycles. The first kappa shape index (κ1) is 19.4. The van der Waals surface area contributed by atoms with Crippen molar-refractivity contribution < 1.29 is 19.1 Å². The van der Waals surface area contributed by atoms with Crippen LogP contribution in [0.5, 0.6) is 5.75 Å². The Hall–Kier alpha value is -2.38. The summed E-state index contributed by atoms with van der Waals surface area (Å²) in [5.41, 5.74) is 2.22. The van der Waals surface area contributed by atoms with Gasteiger partial charge in [-0.2, -0.15) is 0 Å². The average Bonchev–Trinajstić information content (AvgIpc) is 3.08. The number of ketones is 1. The Bertz CT molecular complexity index is 935. The molecule has 5 nitrogen and oxygen atoms in total. The Morgan fingerprint density at radius 1 is 1.19 bits per heavy atom. The second kappa shape index (κ2) is 9.01. The van der Waals surface area contributed by atoms with Crippen LogP contribution in [0, 0.1) is 0 Å². The van der Waals surface area contributed by atoms with E-state index in [1.807, 2.05) is 24.3 Å². The van der Waals surface area contributed by atoms with Gasteiger partial charge in [-0.1, -0.05) is 23.9 Å². The molecular weight excluding hydrogens is 382 g/mol. The number of carbonyl (C=O) groups excluding carboxylic acids is 2. The second-order valence-corrected chi connectivity index (χ2v) is 8.16. The lowest BCUT2D eigenvalue weighted by Gasteiger charge is -2.10. The second-order valence-electron chi connectivity index (χ2n) is 5.79. The lowest BCUT2D eigenvalue weighted by Crippen LogP contribution is -2.07. The lowest BCUT2D eigenvalue weighted by molar-refractivity contribution is -0.144. The van der Waals surface area contributed by atoms with Gasteiger partial charge in [-0.3, -0.25) is 9.59 Å². The number of hydrogen-bond acceptors (Lipinski definition) is 7. The molecule has 27 heavy (non-hydrogen) atoms. The predicted octanol–water partition coefficient (Wildman–Crippen LogP) is 4.73. The van der Waals surface area contributed by atoms with E-state index >= 15 is 0 Å². The SMILES string of the molecule is COc1ccc(C(C)=O)cc1COC(=O)CCSc1nc2ccccc2s1. The van der Waals surface area contributed by atoms with Gasteiger partial charge in [-0.05, 0) is 37.3 Å². The van der Waals surface area contributed by atoms with Crippen LogP contribution in [0.3, 0.4) is 0 Å². The van der Waals surface area contributed by atoms with Gasteiger partial charge in [0.2, 0.25) is 0 Å². The first-order valence-corrected chi connectivity index (χ1v) is 10.2. The number of ether oxygens (including phenoxy) is 2. The number of aromatic nitrogens is 1. The molecule has 0 spiro atoms. The van der Waals surface area contributed by atoms with Crippen molar-refractivity contribution in [2.24, 2.45) is 0 Å². The van der Waals surface area contributed by atoms with Crippen LogP contribution >= 0.6 is 23.1 Å². The molecule has 2 aromatic carbocycles. The first-order valence-electron chi connectivity index (χ1n) is 8.38. The van der Waals surface area contributed by atoms with Gasteiger partial charge < -0.3 is 9.47 Å². The lowest BCUT2D eigenvalue weighted by atomic mass is 10.1. The molecule has 0 saturated carbocycles. The largest absolute Gasteiger partial charge is 0.496 e. The molecule has 140 valence electrons. The fourth-order valence-corrected chi connectivity index (χ4v) is 4.53. The van der Waals surface area contributed by atoms with Crippen LogP contribution in [0.2, 0.25) is 0 Å². The number of methoxy groups -OCH3 is 1. The van der Waals surface area contributed by atoms with E-state index < -0.39 is 0 Å². The number of thiazole rings is 1. The minimum absolute atomic E-state index is 0.0440. The van der Waals surface area contributed by atoms with Gasteiger partial charge >= 0.3 is 5.97 Å². The van der Waals surface area contributed by atoms with Crippen LogP contribution in [-0.2, 0) is 16.1 Å². The van der Waals surface area contributed by atoms with E-state index in [2.05, 4.69) is 4.98 Å². The summed E-state index contributed by atoms with van der Waals surface area (Å²) in [6.07, 6.45) is 0.287. The third-order valence-electron chi connectivity index (χ3n) is 3.88. The van der Waals surface area contributed by atoms with Crippen LogP contribution in [0.25, 0.3) is 10.2 Å². The molecule has 0 bridgehead atoms. The van der Waals surface area contributed by atoms with Gasteiger partial charge in [0, 0.05) is 16.9 Å². The fraction of sp³-hybridized carbons (Fsp3) is 0.250. The van der Waals surface area contributed by atoms with Crippen LogP contribution in [0.1, 0.15) is 29.3 Å². The van der Waals surface area contributed by atoms with E-state index in [9.17, 15) is 9.59 Å². The Kier molecular flexibility index (Phi) is 6.47. The van der Waals surface area contributed by atoms with Crippen molar-refractivity contribution in [3.05, 3.63) is 53.6 Å². The molecule has 3 rings (SSSR count). The van der Waals surface area contributed by atoms with Gasteiger partial charge in [0.25, 0.3) is 0 Å². The summed E-state index contributed by atoms with van der Waals surface area (Å²) in [6.45, 7) is 1.58. The minimum Gasteiger partial charge on any atom is -0.496 e. The van der Waals surface area contributed by atoms with Crippen molar-refractivity contribution in [1.29, 1.82) is 0 Å². The Morgan fingerprint density at radius 2 is 2.00 bits per heavy atom. The summed E-state index contributed by atoms with van der Waals surface area (Å²) in [4.78, 5) is 28.1. The molecule has 0 unspecified atom stereocenters. The maximum Gasteiger partial charge on any atom is 0.306 e. The van der Waals surface area contributed by atoms with Crippen molar-refractivity contribution in [2.75, 3.05) is 12.9 Å². The molecular formula is C20H19NO4S2. The topological polar surface area (TPSA) is 65.5 Å². The molecule has 0 amide bonds. The molecule has 0 saturated heterocycles. The highest BCUT2D eigenvalue weighted by atomic mass is 32.2. The van der Waals surface area contributed by atoms with Gasteiger partial charge in [0.1, 0.15) is 12.4 Å². The number of benzene rings is 2. The summed E-state index contributed by atoms with van der Waals surface area (Å²) in [5, 5.41) is 0. The minimum atomic E-state index is -0.293. The van der Waals surface area contributed by atoms with E-state index in [-0.39, 0.29) is 24.8 Å². The summed E-state index contributed by atoms with van der Waals surface area (Å²) in [7, 11) is 1.54. The summed E-state index contributed by atoms with van der Waals surface area (Å²) >= 11 is 3.17. The van der Waals surface area contributed by atoms with Gasteiger partial charge in [0.15, 0.2) is 10.1 Å². The Labute approximate surface area is 165 Å². The number of esters is 1. The Morgan fingerprint density at radius 3 is 2.74 bits per heavy atom. The molecule has 0 aliphatic rings. The molecule has 3 aromatic rings. The van der Waals surface area contributed by atoms with E-state index in [0.717, 1.165) is 14.6 Å². The number of Topliss-reactive ketones (excluding diaryl/α,β-unsaturated/α-hetero) is 1. The van der Waals surface area contributed by atoms with Crippen LogP contribution in [-0.4, -0.2) is 29.6 Å². The van der Waals surface area contributed by atoms with Crippen LogP contribution < -0.4 is 4.74 Å². The molecule has 0 fully saturated rings. The smallest absolute Gasteiger partial charge is 0.306 e. The zero-order chi connectivity index (χ0) is 19.2. The van der Waals surface area contributed by atoms with Crippen LogP contribution in [0.4, 0.5) is 0 Å². The number of hydrogen-bond donors (Lipinski definition) is 0. The third kappa shape index (κ3) is 5.08. The zero-order valence-electron chi connectivity index (χ0n) is 15.1. The molecule has 0 atom stereocenters. The van der Waals surface area contributed by atoms with Crippen molar-refractivity contribution in [3.8, 4) is 5.75 Å². The molecule has 0 radical (unpaired) electrons. The molecule has 0 aliphatic heterocycles. The Balaban J connectivity index is 1.51. The van der Waals surface area contributed by atoms with Gasteiger partial charge in [-0.25, -0.2) is 4.98 Å². The van der Waals surface area contributed by atoms with Crippen molar-refractivity contribution in [1.82, 2.24) is 4.98 Å². The number of carbonyl (C=O) groups is 2. The highest BCUT2D eigenvalue weighted by Gasteiger charge is 2.11. The highest BCUT2D eigenvalue weighted by molar-refractivity contribution is 8.01. The van der Waals surface area contributed by atoms with E-state index in [1.165, 1.54) is 6.92 Å². The monoisotopic (exact) mass is 401 g/mol. The molecule has 7 heteroatoms. The standard InChI is InChI=1S/C20H19NO4S2/c1-13(22)14-7-8-17(24-2)15(11-14)12-25-19(23)9-10-26-20-21-16-5-3-4-6-18(16)27-20/h3-8,11H,9-10,12H2,1-2H3. The zero-order valence-corrected chi connectivity index (χ0v) is 16.7. The predicted molar refractivity (Wildman–Crippen MR) is 108 cm³/mol. The first-order chi connectivity index (χ1) is 13.1. The summed E-state index contributed by atoms with van der Waals surface area (Å²) in [5.74, 6) is 0.858. The number of para-hydroxylation sites is 1. The quantitative estimate of drug-likeness (QED) is 0.309. The normalized spacial score (nSPS) is 10.7. The molecule has 1 heterocycles. The van der Waals surface area contributed by atoms with Crippen molar-refractivity contribution >= 4 is 45.1 Å². The maximum absolute atomic E-state index is 12.0. The average molecular weight is 402 g/mol. The fourth-order valence-electron chi connectivity index (χ4n) is 2.48. The van der Waals surface area contributed by atoms with Gasteiger partial charge in [0.05, 0.1) is 23.7 Å². The van der Waals surface area contributed by atoms with Gasteiger partial charge in [-0.15, -0.1) is 11.3 Å². The van der Waals surface area contributed by atoms with Crippen LogP contribution in [0.15, 0.2) is 46.8 Å². The molecule has 0 N–H and O–H groups in total. The van der Waals surface area contributed by atoms with E-state index in [1.54, 1.807) is 48.4 Å². The maximum atomic E-state index is 12.0. The molecule has 1 aromatic heterocycles. The summed E-state index contributed by atoms with van der Waals surface area (Å²) in [6, 6.07) is 13.1. The summed E-state index contributed by atoms with van der Waals surface area (Å²) < 4.78 is 12.7. The van der Waals surface area contributed by atoms with Crippen molar-refractivity contribution in [3.63, 3.8) is 0 Å². The highest BCUT2D eigenvalue weighted by Crippen LogP contribution is 2.29. The van der Waals surface area contributed by atoms with E-state index in [4.69, 9.17) is 9.47 Å². The van der Waals surface area contributed by atoms with E-state index in [0.29, 0.717) is 22.6 Å².